The lowest BCUT2D eigenvalue weighted by atomic mass is 9.93. The van der Waals surface area contributed by atoms with Crippen LogP contribution in [0.25, 0.3) is 0 Å². The molecule has 1 rings (SSSR count). The molecule has 0 bridgehead atoms. The van der Waals surface area contributed by atoms with E-state index in [1.54, 1.807) is 0 Å². The molecule has 0 radical (unpaired) electrons. The van der Waals surface area contributed by atoms with Crippen LogP contribution in [0.2, 0.25) is 0 Å². The second-order valence-corrected chi connectivity index (χ2v) is 6.19. The Morgan fingerprint density at radius 3 is 2.12 bits per heavy atom. The Balaban J connectivity index is 2.87. The maximum absolute atomic E-state index is 6.15. The lowest BCUT2D eigenvalue weighted by Crippen LogP contribution is -2.40. The summed E-state index contributed by atoms with van der Waals surface area (Å²) in [6.07, 6.45) is 0. The summed E-state index contributed by atoms with van der Waals surface area (Å²) in [6.45, 7) is 9.89. The SMILES string of the molecule is CC(N)C(c1ccccc1)N(C)CC(C)(C)C. The predicted octanol–water partition coefficient (Wildman–Crippen LogP) is 3.05. The monoisotopic (exact) mass is 234 g/mol. The molecule has 96 valence electrons. The molecule has 1 aromatic carbocycles. The van der Waals surface area contributed by atoms with Crippen molar-refractivity contribution in [3.05, 3.63) is 35.9 Å². The van der Waals surface area contributed by atoms with E-state index in [4.69, 9.17) is 5.73 Å². The Bertz CT molecular complexity index is 325. The molecule has 0 saturated heterocycles. The first-order chi connectivity index (χ1) is 7.81. The van der Waals surface area contributed by atoms with Gasteiger partial charge in [-0.1, -0.05) is 51.1 Å². The van der Waals surface area contributed by atoms with Gasteiger partial charge in [-0.25, -0.2) is 0 Å². The molecule has 0 aromatic heterocycles. The zero-order valence-electron chi connectivity index (χ0n) is 11.8. The maximum Gasteiger partial charge on any atom is 0.0493 e. The lowest BCUT2D eigenvalue weighted by Gasteiger charge is -2.35. The maximum atomic E-state index is 6.15. The van der Waals surface area contributed by atoms with Gasteiger partial charge >= 0.3 is 0 Å². The minimum atomic E-state index is 0.129. The fourth-order valence-electron chi connectivity index (χ4n) is 2.46. The molecule has 0 fully saturated rings. The first kappa shape index (κ1) is 14.2. The average molecular weight is 234 g/mol. The van der Waals surface area contributed by atoms with E-state index in [1.165, 1.54) is 5.56 Å². The molecule has 2 unspecified atom stereocenters. The van der Waals surface area contributed by atoms with Gasteiger partial charge in [0, 0.05) is 18.6 Å². The molecule has 1 aromatic rings. The third-order valence-corrected chi connectivity index (χ3v) is 2.84. The molecule has 2 atom stereocenters. The molecule has 0 spiro atoms. The summed E-state index contributed by atoms with van der Waals surface area (Å²) in [5.74, 6) is 0. The van der Waals surface area contributed by atoms with E-state index in [0.717, 1.165) is 6.54 Å². The van der Waals surface area contributed by atoms with Gasteiger partial charge in [-0.2, -0.15) is 0 Å². The van der Waals surface area contributed by atoms with Crippen molar-refractivity contribution in [3.63, 3.8) is 0 Å². The summed E-state index contributed by atoms with van der Waals surface area (Å²) in [5.41, 5.74) is 7.74. The standard InChI is InChI=1S/C15H26N2/c1-12(16)14(13-9-7-6-8-10-13)17(5)11-15(2,3)4/h6-10,12,14H,11,16H2,1-5H3. The van der Waals surface area contributed by atoms with E-state index in [-0.39, 0.29) is 17.5 Å². The van der Waals surface area contributed by atoms with Crippen LogP contribution in [-0.2, 0) is 0 Å². The van der Waals surface area contributed by atoms with Gasteiger partial charge in [-0.05, 0) is 24.9 Å². The van der Waals surface area contributed by atoms with Crippen LogP contribution in [0.1, 0.15) is 39.3 Å². The van der Waals surface area contributed by atoms with Crippen LogP contribution in [-0.4, -0.2) is 24.5 Å². The highest BCUT2D eigenvalue weighted by Crippen LogP contribution is 2.25. The minimum absolute atomic E-state index is 0.129. The first-order valence-corrected chi connectivity index (χ1v) is 6.32. The third kappa shape index (κ3) is 4.49. The quantitative estimate of drug-likeness (QED) is 0.867. The van der Waals surface area contributed by atoms with Gasteiger partial charge < -0.3 is 5.73 Å². The van der Waals surface area contributed by atoms with Crippen molar-refractivity contribution in [2.24, 2.45) is 11.1 Å². The number of nitrogens with two attached hydrogens (primary N) is 1. The molecule has 17 heavy (non-hydrogen) atoms. The zero-order chi connectivity index (χ0) is 13.1. The van der Waals surface area contributed by atoms with Gasteiger partial charge in [0.25, 0.3) is 0 Å². The summed E-state index contributed by atoms with van der Waals surface area (Å²) in [7, 11) is 2.16. The van der Waals surface area contributed by atoms with Crippen molar-refractivity contribution in [2.75, 3.05) is 13.6 Å². The Morgan fingerprint density at radius 1 is 1.18 bits per heavy atom. The largest absolute Gasteiger partial charge is 0.326 e. The molecule has 0 amide bonds. The highest BCUT2D eigenvalue weighted by Gasteiger charge is 2.24. The number of benzene rings is 1. The molecule has 0 saturated carbocycles. The van der Waals surface area contributed by atoms with E-state index in [0.29, 0.717) is 0 Å². The number of nitrogens with zero attached hydrogens (tertiary/aromatic N) is 1. The van der Waals surface area contributed by atoms with E-state index in [2.05, 4.69) is 63.9 Å². The van der Waals surface area contributed by atoms with E-state index in [9.17, 15) is 0 Å². The fraction of sp³-hybridized carbons (Fsp3) is 0.600. The molecular weight excluding hydrogens is 208 g/mol. The number of likely N-dealkylation sites (N-methyl/N-ethyl adjacent to an activating group) is 1. The lowest BCUT2D eigenvalue weighted by molar-refractivity contribution is 0.156. The average Bonchev–Trinajstić information content (AvgIpc) is 2.15. The molecule has 2 nitrogen and oxygen atoms in total. The van der Waals surface area contributed by atoms with E-state index < -0.39 is 0 Å². The summed E-state index contributed by atoms with van der Waals surface area (Å²) < 4.78 is 0. The van der Waals surface area contributed by atoms with Gasteiger partial charge in [0.05, 0.1) is 0 Å². The molecule has 0 aliphatic carbocycles. The molecule has 2 heteroatoms. The zero-order valence-corrected chi connectivity index (χ0v) is 11.8. The van der Waals surface area contributed by atoms with Crippen molar-refractivity contribution in [1.29, 1.82) is 0 Å². The molecule has 0 aliphatic heterocycles. The Hall–Kier alpha value is -0.860. The molecule has 0 aliphatic rings. The molecule has 0 heterocycles. The Morgan fingerprint density at radius 2 is 1.71 bits per heavy atom. The molecular formula is C15H26N2. The van der Waals surface area contributed by atoms with Gasteiger partial charge in [-0.3, -0.25) is 4.90 Å². The predicted molar refractivity (Wildman–Crippen MR) is 74.9 cm³/mol. The summed E-state index contributed by atoms with van der Waals surface area (Å²) >= 11 is 0. The third-order valence-electron chi connectivity index (χ3n) is 2.84. The highest BCUT2D eigenvalue weighted by atomic mass is 15.1. The highest BCUT2D eigenvalue weighted by molar-refractivity contribution is 5.20. The Labute approximate surface area is 106 Å². The van der Waals surface area contributed by atoms with Crippen molar-refractivity contribution in [3.8, 4) is 0 Å². The minimum Gasteiger partial charge on any atom is -0.326 e. The van der Waals surface area contributed by atoms with Gasteiger partial charge in [-0.15, -0.1) is 0 Å². The first-order valence-electron chi connectivity index (χ1n) is 6.32. The summed E-state index contributed by atoms with van der Waals surface area (Å²) in [6, 6.07) is 10.9. The summed E-state index contributed by atoms with van der Waals surface area (Å²) in [4.78, 5) is 2.36. The van der Waals surface area contributed by atoms with Crippen molar-refractivity contribution < 1.29 is 0 Å². The van der Waals surface area contributed by atoms with Crippen LogP contribution < -0.4 is 5.73 Å². The van der Waals surface area contributed by atoms with E-state index >= 15 is 0 Å². The Kier molecular flexibility index (Phi) is 4.72. The van der Waals surface area contributed by atoms with Crippen LogP contribution in [0.15, 0.2) is 30.3 Å². The summed E-state index contributed by atoms with van der Waals surface area (Å²) in [5, 5.41) is 0. The number of hydrogen-bond donors (Lipinski definition) is 1. The second kappa shape index (κ2) is 5.65. The fourth-order valence-corrected chi connectivity index (χ4v) is 2.46. The number of rotatable bonds is 4. The molecule has 2 N–H and O–H groups in total. The number of hydrogen-bond acceptors (Lipinski definition) is 2. The topological polar surface area (TPSA) is 29.3 Å². The van der Waals surface area contributed by atoms with Crippen LogP contribution in [0, 0.1) is 5.41 Å². The van der Waals surface area contributed by atoms with Crippen LogP contribution in [0.3, 0.4) is 0 Å². The van der Waals surface area contributed by atoms with Gasteiger partial charge in [0.15, 0.2) is 0 Å². The van der Waals surface area contributed by atoms with Gasteiger partial charge in [0.2, 0.25) is 0 Å². The van der Waals surface area contributed by atoms with Crippen molar-refractivity contribution >= 4 is 0 Å². The smallest absolute Gasteiger partial charge is 0.0493 e. The van der Waals surface area contributed by atoms with Crippen LogP contribution in [0.4, 0.5) is 0 Å². The van der Waals surface area contributed by atoms with Crippen LogP contribution >= 0.6 is 0 Å². The van der Waals surface area contributed by atoms with Crippen LogP contribution in [0.5, 0.6) is 0 Å². The second-order valence-electron chi connectivity index (χ2n) is 6.19. The van der Waals surface area contributed by atoms with Crippen molar-refractivity contribution in [1.82, 2.24) is 4.90 Å². The van der Waals surface area contributed by atoms with E-state index in [1.807, 2.05) is 6.07 Å². The van der Waals surface area contributed by atoms with Crippen molar-refractivity contribution in [2.45, 2.75) is 39.8 Å². The normalized spacial score (nSPS) is 15.9. The van der Waals surface area contributed by atoms with Gasteiger partial charge in [0.1, 0.15) is 0 Å².